The van der Waals surface area contributed by atoms with Crippen LogP contribution < -0.4 is 0 Å². The summed E-state index contributed by atoms with van der Waals surface area (Å²) in [7, 11) is 0. The number of fused-ring (bicyclic) bond motifs is 1. The van der Waals surface area contributed by atoms with Gasteiger partial charge in [0.2, 0.25) is 0 Å². The summed E-state index contributed by atoms with van der Waals surface area (Å²) in [6.45, 7) is 14.0. The molecule has 2 saturated carbocycles. The Hall–Kier alpha value is -0.920. The lowest BCUT2D eigenvalue weighted by molar-refractivity contribution is -0.0540. The average molecular weight is 363 g/mol. The highest BCUT2D eigenvalue weighted by molar-refractivity contribution is 5.37. The predicted octanol–water partition coefficient (Wildman–Crippen LogP) is 7.03. The lowest BCUT2D eigenvalue weighted by atomic mass is 9.47. The topological polar surface area (TPSA) is 29.5 Å². The third-order valence-corrected chi connectivity index (χ3v) is 7.93. The van der Waals surface area contributed by atoms with Crippen LogP contribution in [-0.2, 0) is 4.74 Å². The van der Waals surface area contributed by atoms with Gasteiger partial charge in [0.25, 0.3) is 1.43 Å². The molecule has 0 saturated heterocycles. The Morgan fingerprint density at radius 1 is 1.27 bits per heavy atom. The van der Waals surface area contributed by atoms with Gasteiger partial charge in [-0.05, 0) is 72.8 Å². The van der Waals surface area contributed by atoms with Gasteiger partial charge in [-0.25, -0.2) is 0 Å². The maximum Gasteiger partial charge on any atom is 0.293 e. The average Bonchev–Trinajstić information content (AvgIpc) is 2.94. The number of hydrogen-bond donors (Lipinski definition) is 1. The zero-order valence-corrected chi connectivity index (χ0v) is 17.8. The maximum atomic E-state index is 7.70. The first-order valence-corrected chi connectivity index (χ1v) is 11.0. The molecule has 0 aromatic heterocycles. The molecule has 3 aliphatic carbocycles. The molecule has 0 aromatic carbocycles. The Bertz CT molecular complexity index is 587. The van der Waals surface area contributed by atoms with Crippen molar-refractivity contribution in [3.05, 3.63) is 23.2 Å². The summed E-state index contributed by atoms with van der Waals surface area (Å²) in [4.78, 5) is 0. The van der Waals surface area contributed by atoms with Crippen LogP contribution in [0, 0.1) is 35.0 Å². The van der Waals surface area contributed by atoms with Gasteiger partial charge in [0.05, 0.1) is 17.6 Å². The molecule has 0 bridgehead atoms. The van der Waals surface area contributed by atoms with Crippen LogP contribution in [0.3, 0.4) is 0 Å². The van der Waals surface area contributed by atoms with Crippen molar-refractivity contribution < 1.29 is 9.85 Å². The highest BCUT2D eigenvalue weighted by atomic mass is 16.5. The van der Waals surface area contributed by atoms with E-state index in [-0.39, 0.29) is 11.3 Å². The molecule has 5 atom stereocenters. The zero-order valence-electron chi connectivity index (χ0n) is 18.8. The minimum absolute atomic E-state index is 0.155. The van der Waals surface area contributed by atoms with Gasteiger partial charge in [0, 0.05) is 12.3 Å². The summed E-state index contributed by atoms with van der Waals surface area (Å²) >= 11 is 0. The van der Waals surface area contributed by atoms with E-state index in [2.05, 4.69) is 47.6 Å². The van der Waals surface area contributed by atoms with Crippen molar-refractivity contribution in [1.29, 1.82) is 1.43 Å². The number of rotatable bonds is 7. The number of aliphatic hydroxyl groups excluding tert-OH is 1. The molecule has 0 aromatic rings. The Balaban J connectivity index is 1.87. The molecule has 0 aliphatic heterocycles. The zero-order chi connectivity index (χ0) is 19.8. The predicted molar refractivity (Wildman–Crippen MR) is 109 cm³/mol. The van der Waals surface area contributed by atoms with E-state index in [1.54, 1.807) is 0 Å². The minimum atomic E-state index is 0.155. The molecule has 0 amide bonds. The van der Waals surface area contributed by atoms with Gasteiger partial charge in [-0.1, -0.05) is 48.0 Å². The van der Waals surface area contributed by atoms with Crippen molar-refractivity contribution in [2.24, 2.45) is 35.0 Å². The van der Waals surface area contributed by atoms with E-state index in [0.717, 1.165) is 24.4 Å². The lowest BCUT2D eigenvalue weighted by Gasteiger charge is -2.57. The number of aliphatic hydroxyl groups is 1. The van der Waals surface area contributed by atoms with Crippen molar-refractivity contribution in [1.82, 2.24) is 0 Å². The first-order valence-electron chi connectivity index (χ1n) is 11.4. The monoisotopic (exact) mass is 362 g/mol. The van der Waals surface area contributed by atoms with Gasteiger partial charge in [0.15, 0.2) is 0 Å². The van der Waals surface area contributed by atoms with Crippen LogP contribution in [0.2, 0.25) is 0 Å². The van der Waals surface area contributed by atoms with Crippen LogP contribution in [0.25, 0.3) is 1.43 Å². The van der Waals surface area contributed by atoms with Crippen molar-refractivity contribution in [3.8, 4) is 0 Å². The molecule has 0 heterocycles. The van der Waals surface area contributed by atoms with E-state index in [1.807, 2.05) is 0 Å². The smallest absolute Gasteiger partial charge is 0.293 e. The van der Waals surface area contributed by atoms with Crippen molar-refractivity contribution >= 4 is 0 Å². The first kappa shape index (κ1) is 18.4. The highest BCUT2D eigenvalue weighted by Crippen LogP contribution is 2.67. The molecule has 3 rings (SSSR count). The Morgan fingerprint density at radius 3 is 2.58 bits per heavy atom. The van der Waals surface area contributed by atoms with Gasteiger partial charge in [0.1, 0.15) is 0 Å². The summed E-state index contributed by atoms with van der Waals surface area (Å²) in [5, 5.41) is 5.20. The van der Waals surface area contributed by atoms with E-state index in [9.17, 15) is 0 Å². The lowest BCUT2D eigenvalue weighted by Crippen LogP contribution is -2.52. The van der Waals surface area contributed by atoms with Crippen LogP contribution in [0.4, 0.5) is 0 Å². The second-order valence-corrected chi connectivity index (χ2v) is 9.91. The summed E-state index contributed by atoms with van der Waals surface area (Å²) in [6, 6.07) is 0. The van der Waals surface area contributed by atoms with Crippen LogP contribution in [0.5, 0.6) is 0 Å². The fourth-order valence-corrected chi connectivity index (χ4v) is 6.02. The molecule has 26 heavy (non-hydrogen) atoms. The normalized spacial score (nSPS) is 37.3. The molecule has 2 nitrogen and oxygen atoms in total. The molecule has 1 N–H and O–H groups in total. The van der Waals surface area contributed by atoms with Crippen LogP contribution in [-0.4, -0.2) is 11.2 Å². The third kappa shape index (κ3) is 3.34. The standard InChI is InChI=1S/C24H40O2/c1-15(2)12-13-22(26-19-10-8-7-9-11-19)17(4)23-21(25)14-20-16(3)18(5)24(20,23)6/h13,15-20,25H,7-12,14H2,1-6H3/b22-13-/t16?,17-,18?,20+,24+/m1/s1/i/hT. The highest BCUT2D eigenvalue weighted by Gasteiger charge is 2.61. The Kier molecular flexibility index (Phi) is 5.39. The first-order chi connectivity index (χ1) is 12.8. The van der Waals surface area contributed by atoms with E-state index in [1.165, 1.54) is 37.7 Å². The molecule has 2 heteroatoms. The molecule has 0 radical (unpaired) electrons. The van der Waals surface area contributed by atoms with E-state index < -0.39 is 0 Å². The van der Waals surface area contributed by atoms with Crippen LogP contribution in [0.1, 0.15) is 86.5 Å². The van der Waals surface area contributed by atoms with Gasteiger partial charge in [-0.2, -0.15) is 0 Å². The molecule has 148 valence electrons. The quantitative estimate of drug-likeness (QED) is 0.493. The van der Waals surface area contributed by atoms with Crippen LogP contribution >= 0.6 is 0 Å². The molecular formula is C24H40O2. The SMILES string of the molecule is [3H]OC1=C([C@H](C)/C(=C/CC(C)C)OC2CCCCC2)[C@@]2(C)C(C)C(C)[C@@H]2C1. The Morgan fingerprint density at radius 2 is 1.96 bits per heavy atom. The second-order valence-electron chi connectivity index (χ2n) is 9.91. The number of ether oxygens (including phenoxy) is 1. The molecule has 3 aliphatic rings. The van der Waals surface area contributed by atoms with E-state index in [0.29, 0.717) is 29.8 Å². The fraction of sp³-hybridized carbons (Fsp3) is 0.833. The number of allylic oxidation sites excluding steroid dienone is 3. The van der Waals surface area contributed by atoms with Gasteiger partial charge < -0.3 is 9.85 Å². The van der Waals surface area contributed by atoms with Crippen molar-refractivity contribution in [2.45, 2.75) is 92.6 Å². The largest absolute Gasteiger partial charge is 0.512 e. The summed E-state index contributed by atoms with van der Waals surface area (Å²) in [5.74, 6) is 4.82. The molecule has 0 spiro atoms. The van der Waals surface area contributed by atoms with Gasteiger partial charge in [-0.3, -0.25) is 0 Å². The van der Waals surface area contributed by atoms with Crippen molar-refractivity contribution in [2.75, 3.05) is 0 Å². The van der Waals surface area contributed by atoms with E-state index in [4.69, 9.17) is 11.3 Å². The Labute approximate surface area is 162 Å². The maximum absolute atomic E-state index is 7.70. The fourth-order valence-electron chi connectivity index (χ4n) is 6.02. The molecular weight excluding hydrogens is 320 g/mol. The second kappa shape index (κ2) is 7.60. The summed E-state index contributed by atoms with van der Waals surface area (Å²) < 4.78 is 14.3. The molecule has 2 fully saturated rings. The summed E-state index contributed by atoms with van der Waals surface area (Å²) in [5.41, 5.74) is 1.50. The van der Waals surface area contributed by atoms with E-state index >= 15 is 0 Å². The summed E-state index contributed by atoms with van der Waals surface area (Å²) in [6.07, 6.45) is 10.9. The number of hydrogen-bond acceptors (Lipinski definition) is 2. The minimum Gasteiger partial charge on any atom is -0.512 e. The molecule has 2 unspecified atom stereocenters. The third-order valence-electron chi connectivity index (χ3n) is 7.93. The van der Waals surface area contributed by atoms with Gasteiger partial charge in [-0.15, -0.1) is 0 Å². The van der Waals surface area contributed by atoms with Gasteiger partial charge >= 0.3 is 0 Å². The van der Waals surface area contributed by atoms with Crippen molar-refractivity contribution in [3.63, 3.8) is 0 Å². The van der Waals surface area contributed by atoms with Crippen LogP contribution in [0.15, 0.2) is 23.2 Å².